The van der Waals surface area contributed by atoms with E-state index in [9.17, 15) is 9.59 Å². The maximum absolute atomic E-state index is 12.1. The quantitative estimate of drug-likeness (QED) is 0.868. The maximum atomic E-state index is 12.1. The van der Waals surface area contributed by atoms with Gasteiger partial charge in [0.05, 0.1) is 0 Å². The summed E-state index contributed by atoms with van der Waals surface area (Å²) in [5, 5.41) is 2.68. The molecule has 1 aromatic rings. The fraction of sp³-hybridized carbons (Fsp3) is 0.556. The van der Waals surface area contributed by atoms with Crippen LogP contribution in [0.25, 0.3) is 0 Å². The van der Waals surface area contributed by atoms with Crippen molar-refractivity contribution in [2.75, 3.05) is 26.9 Å². The predicted molar refractivity (Wildman–Crippen MR) is 90.1 cm³/mol. The van der Waals surface area contributed by atoms with Crippen LogP contribution in [0.2, 0.25) is 0 Å². The summed E-state index contributed by atoms with van der Waals surface area (Å²) in [6, 6.07) is 5.81. The van der Waals surface area contributed by atoms with Crippen molar-refractivity contribution in [3.63, 3.8) is 0 Å². The monoisotopic (exact) mass is 345 g/mol. The van der Waals surface area contributed by atoms with Crippen molar-refractivity contribution in [2.45, 2.75) is 32.0 Å². The third kappa shape index (κ3) is 2.82. The van der Waals surface area contributed by atoms with E-state index in [0.717, 1.165) is 37.6 Å². The van der Waals surface area contributed by atoms with Crippen LogP contribution < -0.4 is 14.8 Å². The fourth-order valence-electron chi connectivity index (χ4n) is 4.40. The molecule has 2 fully saturated rings. The van der Waals surface area contributed by atoms with Crippen LogP contribution in [-0.4, -0.2) is 60.6 Å². The highest BCUT2D eigenvalue weighted by Gasteiger charge is 2.49. The normalized spacial score (nSPS) is 27.4. The van der Waals surface area contributed by atoms with Gasteiger partial charge >= 0.3 is 0 Å². The van der Waals surface area contributed by atoms with Gasteiger partial charge in [-0.15, -0.1) is 0 Å². The van der Waals surface area contributed by atoms with Gasteiger partial charge in [-0.3, -0.25) is 14.5 Å². The smallest absolute Gasteiger partial charge is 0.242 e. The molecule has 0 unspecified atom stereocenters. The van der Waals surface area contributed by atoms with Crippen molar-refractivity contribution in [1.82, 2.24) is 15.1 Å². The Morgan fingerprint density at radius 2 is 2.04 bits per heavy atom. The minimum absolute atomic E-state index is 0.0222. The van der Waals surface area contributed by atoms with Crippen LogP contribution in [0.5, 0.6) is 11.5 Å². The lowest BCUT2D eigenvalue weighted by Gasteiger charge is -2.28. The highest BCUT2D eigenvalue weighted by Crippen LogP contribution is 2.37. The van der Waals surface area contributed by atoms with Crippen LogP contribution in [0, 0.1) is 5.92 Å². The molecule has 7 heteroatoms. The summed E-state index contributed by atoms with van der Waals surface area (Å²) in [6.07, 6.45) is 0.738. The topological polar surface area (TPSA) is 71.1 Å². The minimum atomic E-state index is -0.329. The molecule has 0 saturated carbocycles. The lowest BCUT2D eigenvalue weighted by atomic mass is 10.0. The summed E-state index contributed by atoms with van der Waals surface area (Å²) in [4.78, 5) is 28.3. The summed E-state index contributed by atoms with van der Waals surface area (Å²) in [6.45, 7) is 4.34. The molecule has 0 radical (unpaired) electrons. The third-order valence-electron chi connectivity index (χ3n) is 5.46. The van der Waals surface area contributed by atoms with Gasteiger partial charge in [0.25, 0.3) is 0 Å². The molecule has 3 atom stereocenters. The Labute approximate surface area is 146 Å². The number of hydrogen-bond donors (Lipinski definition) is 1. The summed E-state index contributed by atoms with van der Waals surface area (Å²) in [5.41, 5.74) is 1.17. The number of amides is 2. The summed E-state index contributed by atoms with van der Waals surface area (Å²) < 4.78 is 10.8. The van der Waals surface area contributed by atoms with E-state index in [2.05, 4.69) is 16.3 Å². The van der Waals surface area contributed by atoms with Crippen LogP contribution in [0.4, 0.5) is 0 Å². The highest BCUT2D eigenvalue weighted by molar-refractivity contribution is 5.87. The van der Waals surface area contributed by atoms with Crippen molar-refractivity contribution < 1.29 is 19.1 Å². The van der Waals surface area contributed by atoms with Crippen molar-refractivity contribution >= 4 is 11.8 Å². The van der Waals surface area contributed by atoms with Gasteiger partial charge in [-0.1, -0.05) is 6.07 Å². The number of likely N-dealkylation sites (N-methyl/N-ethyl adjacent to an activating group) is 1. The first-order valence-corrected chi connectivity index (χ1v) is 8.68. The van der Waals surface area contributed by atoms with Crippen LogP contribution in [-0.2, 0) is 16.1 Å². The molecule has 0 aromatic heterocycles. The number of hydrogen-bond acceptors (Lipinski definition) is 5. The molecule has 4 rings (SSSR count). The number of rotatable bonds is 3. The maximum Gasteiger partial charge on any atom is 0.242 e. The van der Waals surface area contributed by atoms with E-state index >= 15 is 0 Å². The van der Waals surface area contributed by atoms with Crippen LogP contribution in [0.1, 0.15) is 18.9 Å². The second kappa shape index (κ2) is 6.22. The first kappa shape index (κ1) is 16.2. The van der Waals surface area contributed by atoms with Gasteiger partial charge in [-0.25, -0.2) is 0 Å². The minimum Gasteiger partial charge on any atom is -0.454 e. The van der Waals surface area contributed by atoms with Crippen LogP contribution in [0.15, 0.2) is 18.2 Å². The number of carbonyl (C=O) groups excluding carboxylic acids is 2. The Hall–Kier alpha value is -2.28. The van der Waals surface area contributed by atoms with Crippen molar-refractivity contribution in [3.8, 4) is 11.5 Å². The number of benzene rings is 1. The summed E-state index contributed by atoms with van der Waals surface area (Å²) in [5.74, 6) is 1.85. The van der Waals surface area contributed by atoms with Gasteiger partial charge in [0.2, 0.25) is 18.6 Å². The van der Waals surface area contributed by atoms with Gasteiger partial charge in [-0.05, 0) is 30.0 Å². The summed E-state index contributed by atoms with van der Waals surface area (Å²) in [7, 11) is 1.63. The number of fused-ring (bicyclic) bond motifs is 2. The van der Waals surface area contributed by atoms with E-state index < -0.39 is 0 Å². The second-order valence-corrected chi connectivity index (χ2v) is 7.00. The van der Waals surface area contributed by atoms with Gasteiger partial charge in [0.1, 0.15) is 6.04 Å². The molecular formula is C18H23N3O4. The molecule has 3 aliphatic heterocycles. The van der Waals surface area contributed by atoms with E-state index in [1.54, 1.807) is 18.9 Å². The molecular weight excluding hydrogens is 322 g/mol. The van der Waals surface area contributed by atoms with Gasteiger partial charge in [0, 0.05) is 39.6 Å². The molecule has 0 aliphatic carbocycles. The zero-order chi connectivity index (χ0) is 17.6. The van der Waals surface area contributed by atoms with Crippen molar-refractivity contribution in [2.24, 2.45) is 5.92 Å². The Morgan fingerprint density at radius 3 is 2.80 bits per heavy atom. The molecule has 1 aromatic carbocycles. The molecule has 134 valence electrons. The number of ether oxygens (including phenoxy) is 2. The Balaban J connectivity index is 1.45. The Kier molecular flexibility index (Phi) is 4.03. The zero-order valence-electron chi connectivity index (χ0n) is 14.5. The average molecular weight is 345 g/mol. The molecule has 2 amide bonds. The van der Waals surface area contributed by atoms with Gasteiger partial charge in [-0.2, -0.15) is 0 Å². The molecule has 0 spiro atoms. The van der Waals surface area contributed by atoms with Crippen LogP contribution >= 0.6 is 0 Å². The molecule has 0 bridgehead atoms. The molecule has 25 heavy (non-hydrogen) atoms. The first-order chi connectivity index (χ1) is 12.1. The highest BCUT2D eigenvalue weighted by atomic mass is 16.7. The lowest BCUT2D eigenvalue weighted by Crippen LogP contribution is -2.49. The number of nitrogens with zero attached hydrogens (tertiary/aromatic N) is 2. The first-order valence-electron chi connectivity index (χ1n) is 8.68. The van der Waals surface area contributed by atoms with E-state index in [1.165, 1.54) is 5.56 Å². The fourth-order valence-corrected chi connectivity index (χ4v) is 4.40. The standard InChI is InChI=1S/C18H23N3O4/c1-11(22)21-14(18(23)19-2)6-13-8-20(9-15(13)21)7-12-3-4-16-17(5-12)25-10-24-16/h3-5,13-15H,6-10H2,1-2H3,(H,19,23)/t13-,14-,15+/m0/s1. The third-order valence-corrected chi connectivity index (χ3v) is 5.46. The Morgan fingerprint density at radius 1 is 1.24 bits per heavy atom. The van der Waals surface area contributed by atoms with Crippen molar-refractivity contribution in [1.29, 1.82) is 0 Å². The van der Waals surface area contributed by atoms with Crippen LogP contribution in [0.3, 0.4) is 0 Å². The number of likely N-dealkylation sites (tertiary alicyclic amines) is 2. The lowest BCUT2D eigenvalue weighted by molar-refractivity contribution is -0.138. The molecule has 3 heterocycles. The predicted octanol–water partition coefficient (Wildman–Crippen LogP) is 0.582. The van der Waals surface area contributed by atoms with E-state index in [-0.39, 0.29) is 30.7 Å². The molecule has 2 saturated heterocycles. The average Bonchev–Trinajstić information content (AvgIpc) is 3.26. The zero-order valence-corrected chi connectivity index (χ0v) is 14.5. The van der Waals surface area contributed by atoms with Gasteiger partial charge in [0.15, 0.2) is 11.5 Å². The van der Waals surface area contributed by atoms with Crippen molar-refractivity contribution in [3.05, 3.63) is 23.8 Å². The number of carbonyl (C=O) groups is 2. The summed E-state index contributed by atoms with van der Waals surface area (Å²) >= 11 is 0. The van der Waals surface area contributed by atoms with E-state index in [0.29, 0.717) is 5.92 Å². The molecule has 3 aliphatic rings. The van der Waals surface area contributed by atoms with Gasteiger partial charge < -0.3 is 19.7 Å². The Bertz CT molecular complexity index is 708. The van der Waals surface area contributed by atoms with E-state index in [4.69, 9.17) is 9.47 Å². The van der Waals surface area contributed by atoms with E-state index in [1.807, 2.05) is 12.1 Å². The number of nitrogens with one attached hydrogen (secondary N) is 1. The second-order valence-electron chi connectivity index (χ2n) is 7.00. The molecule has 7 nitrogen and oxygen atoms in total. The SMILES string of the molecule is CNC(=O)[C@@H]1C[C@H]2CN(Cc3ccc4c(c3)OCO4)C[C@H]2N1C(C)=O. The largest absolute Gasteiger partial charge is 0.454 e. The molecule has 1 N–H and O–H groups in total.